The molecule has 3 nitrogen and oxygen atoms in total. The zero-order valence-corrected chi connectivity index (χ0v) is 10.2. The molecule has 3 atom stereocenters. The first kappa shape index (κ1) is 11.9. The summed E-state index contributed by atoms with van der Waals surface area (Å²) < 4.78 is 5.21. The standard InChI is InChI=1S/C13H23NO2/c1-2-9-16-13(15)12-8-7-10-5-3-4-6-11(10)14-12/h10-12,14H,2-9H2,1H3. The molecule has 0 aromatic carbocycles. The van der Waals surface area contributed by atoms with Crippen LogP contribution in [0.3, 0.4) is 0 Å². The van der Waals surface area contributed by atoms with Crippen LogP contribution in [0.2, 0.25) is 0 Å². The third-order valence-corrected chi connectivity index (χ3v) is 3.88. The van der Waals surface area contributed by atoms with Crippen molar-refractivity contribution in [1.29, 1.82) is 0 Å². The van der Waals surface area contributed by atoms with Gasteiger partial charge in [-0.15, -0.1) is 0 Å². The van der Waals surface area contributed by atoms with Crippen molar-refractivity contribution in [3.8, 4) is 0 Å². The Balaban J connectivity index is 1.82. The second-order valence-electron chi connectivity index (χ2n) is 5.12. The highest BCUT2D eigenvalue weighted by Crippen LogP contribution is 2.32. The summed E-state index contributed by atoms with van der Waals surface area (Å²) in [6.45, 7) is 2.59. The van der Waals surface area contributed by atoms with Crippen molar-refractivity contribution in [1.82, 2.24) is 5.32 Å². The van der Waals surface area contributed by atoms with Crippen molar-refractivity contribution in [2.75, 3.05) is 6.61 Å². The summed E-state index contributed by atoms with van der Waals surface area (Å²) >= 11 is 0. The van der Waals surface area contributed by atoms with Crippen LogP contribution in [0.15, 0.2) is 0 Å². The van der Waals surface area contributed by atoms with Gasteiger partial charge >= 0.3 is 5.97 Å². The largest absolute Gasteiger partial charge is 0.465 e. The Labute approximate surface area is 97.9 Å². The normalized spacial score (nSPS) is 34.2. The molecule has 0 aromatic rings. The molecule has 16 heavy (non-hydrogen) atoms. The fourth-order valence-corrected chi connectivity index (χ4v) is 2.98. The van der Waals surface area contributed by atoms with Crippen LogP contribution in [0, 0.1) is 5.92 Å². The van der Waals surface area contributed by atoms with Gasteiger partial charge in [-0.05, 0) is 38.0 Å². The Morgan fingerprint density at radius 2 is 2.06 bits per heavy atom. The highest BCUT2D eigenvalue weighted by Gasteiger charge is 2.34. The highest BCUT2D eigenvalue weighted by molar-refractivity contribution is 5.75. The number of carbonyl (C=O) groups excluding carboxylic acids is 1. The van der Waals surface area contributed by atoms with Crippen LogP contribution >= 0.6 is 0 Å². The van der Waals surface area contributed by atoms with E-state index in [9.17, 15) is 4.79 Å². The van der Waals surface area contributed by atoms with Crippen LogP contribution < -0.4 is 5.32 Å². The van der Waals surface area contributed by atoms with E-state index in [1.54, 1.807) is 0 Å². The molecule has 1 saturated carbocycles. The van der Waals surface area contributed by atoms with E-state index >= 15 is 0 Å². The van der Waals surface area contributed by atoms with Crippen LogP contribution in [0.5, 0.6) is 0 Å². The monoisotopic (exact) mass is 225 g/mol. The third kappa shape index (κ3) is 2.76. The topological polar surface area (TPSA) is 38.3 Å². The average Bonchev–Trinajstić information content (AvgIpc) is 2.35. The molecule has 0 spiro atoms. The molecule has 3 heteroatoms. The minimum Gasteiger partial charge on any atom is -0.465 e. The molecule has 2 rings (SSSR count). The van der Waals surface area contributed by atoms with E-state index in [0.717, 1.165) is 18.8 Å². The van der Waals surface area contributed by atoms with Gasteiger partial charge in [-0.2, -0.15) is 0 Å². The van der Waals surface area contributed by atoms with Crippen LogP contribution in [0.4, 0.5) is 0 Å². The van der Waals surface area contributed by atoms with E-state index < -0.39 is 0 Å². The van der Waals surface area contributed by atoms with Gasteiger partial charge < -0.3 is 10.1 Å². The van der Waals surface area contributed by atoms with Gasteiger partial charge in [0.2, 0.25) is 0 Å². The molecule has 2 fully saturated rings. The zero-order chi connectivity index (χ0) is 11.4. The third-order valence-electron chi connectivity index (χ3n) is 3.88. The molecule has 2 aliphatic rings. The highest BCUT2D eigenvalue weighted by atomic mass is 16.5. The lowest BCUT2D eigenvalue weighted by molar-refractivity contribution is -0.147. The molecule has 1 saturated heterocycles. The SMILES string of the molecule is CCCOC(=O)C1CCC2CCCCC2N1. The lowest BCUT2D eigenvalue weighted by Crippen LogP contribution is -2.52. The van der Waals surface area contributed by atoms with Crippen LogP contribution in [-0.4, -0.2) is 24.7 Å². The van der Waals surface area contributed by atoms with E-state index in [0.29, 0.717) is 12.6 Å². The molecular weight excluding hydrogens is 202 g/mol. The van der Waals surface area contributed by atoms with Gasteiger partial charge in [0.1, 0.15) is 6.04 Å². The molecular formula is C13H23NO2. The summed E-state index contributed by atoms with van der Waals surface area (Å²) in [4.78, 5) is 11.7. The van der Waals surface area contributed by atoms with E-state index in [-0.39, 0.29) is 12.0 Å². The first-order chi connectivity index (χ1) is 7.81. The van der Waals surface area contributed by atoms with Gasteiger partial charge in [-0.3, -0.25) is 4.79 Å². The van der Waals surface area contributed by atoms with E-state index in [2.05, 4.69) is 5.32 Å². The van der Waals surface area contributed by atoms with Crippen molar-refractivity contribution in [2.45, 2.75) is 64.0 Å². The Hall–Kier alpha value is -0.570. The summed E-state index contributed by atoms with van der Waals surface area (Å²) in [5.74, 6) is 0.773. The van der Waals surface area contributed by atoms with Crippen molar-refractivity contribution in [3.05, 3.63) is 0 Å². The Kier molecular flexibility index (Phi) is 4.22. The van der Waals surface area contributed by atoms with E-state index in [1.165, 1.54) is 32.1 Å². The van der Waals surface area contributed by atoms with Gasteiger partial charge in [0, 0.05) is 6.04 Å². The maximum atomic E-state index is 11.7. The number of fused-ring (bicyclic) bond motifs is 1. The molecule has 1 aliphatic heterocycles. The number of esters is 1. The summed E-state index contributed by atoms with van der Waals surface area (Å²) in [7, 11) is 0. The van der Waals surface area contributed by atoms with Crippen molar-refractivity contribution in [2.24, 2.45) is 5.92 Å². The maximum Gasteiger partial charge on any atom is 0.323 e. The summed E-state index contributed by atoms with van der Waals surface area (Å²) in [6.07, 6.45) is 8.33. The predicted octanol–water partition coefficient (Wildman–Crippen LogP) is 2.25. The Morgan fingerprint density at radius 3 is 2.88 bits per heavy atom. The number of carbonyl (C=O) groups is 1. The number of nitrogens with one attached hydrogen (secondary N) is 1. The van der Waals surface area contributed by atoms with Gasteiger partial charge in [0.05, 0.1) is 6.61 Å². The van der Waals surface area contributed by atoms with Crippen LogP contribution in [-0.2, 0) is 9.53 Å². The minimum atomic E-state index is -0.0362. The fraction of sp³-hybridized carbons (Fsp3) is 0.923. The Morgan fingerprint density at radius 1 is 1.25 bits per heavy atom. The van der Waals surface area contributed by atoms with Gasteiger partial charge in [-0.25, -0.2) is 0 Å². The minimum absolute atomic E-state index is 0.0362. The molecule has 1 N–H and O–H groups in total. The molecule has 0 radical (unpaired) electrons. The first-order valence-corrected chi connectivity index (χ1v) is 6.74. The quantitative estimate of drug-likeness (QED) is 0.749. The van der Waals surface area contributed by atoms with Crippen molar-refractivity contribution in [3.63, 3.8) is 0 Å². The maximum absolute atomic E-state index is 11.7. The van der Waals surface area contributed by atoms with E-state index in [1.807, 2.05) is 6.92 Å². The van der Waals surface area contributed by atoms with Crippen molar-refractivity contribution >= 4 is 5.97 Å². The molecule has 0 bridgehead atoms. The second-order valence-corrected chi connectivity index (χ2v) is 5.12. The predicted molar refractivity (Wildman–Crippen MR) is 63.2 cm³/mol. The lowest BCUT2D eigenvalue weighted by atomic mass is 9.78. The molecule has 1 heterocycles. The summed E-state index contributed by atoms with van der Waals surface area (Å²) in [5.41, 5.74) is 0. The fourth-order valence-electron chi connectivity index (χ4n) is 2.98. The van der Waals surface area contributed by atoms with Gasteiger partial charge in [-0.1, -0.05) is 19.8 Å². The van der Waals surface area contributed by atoms with Crippen molar-refractivity contribution < 1.29 is 9.53 Å². The smallest absolute Gasteiger partial charge is 0.323 e. The van der Waals surface area contributed by atoms with E-state index in [4.69, 9.17) is 4.74 Å². The number of hydrogen-bond acceptors (Lipinski definition) is 3. The molecule has 92 valence electrons. The summed E-state index contributed by atoms with van der Waals surface area (Å²) in [5, 5.41) is 3.49. The number of rotatable bonds is 3. The second kappa shape index (κ2) is 5.67. The van der Waals surface area contributed by atoms with Gasteiger partial charge in [0.25, 0.3) is 0 Å². The average molecular weight is 225 g/mol. The first-order valence-electron chi connectivity index (χ1n) is 6.74. The Bertz CT molecular complexity index is 242. The number of ether oxygens (including phenoxy) is 1. The number of hydrogen-bond donors (Lipinski definition) is 1. The van der Waals surface area contributed by atoms with Crippen LogP contribution in [0.1, 0.15) is 51.9 Å². The van der Waals surface area contributed by atoms with Crippen LogP contribution in [0.25, 0.3) is 0 Å². The lowest BCUT2D eigenvalue weighted by Gasteiger charge is -2.39. The molecule has 1 aliphatic carbocycles. The summed E-state index contributed by atoms with van der Waals surface area (Å²) in [6, 6.07) is 0.535. The van der Waals surface area contributed by atoms with Gasteiger partial charge in [0.15, 0.2) is 0 Å². The zero-order valence-electron chi connectivity index (χ0n) is 10.2. The molecule has 3 unspecified atom stereocenters. The number of piperidine rings is 1. The molecule has 0 aromatic heterocycles. The molecule has 0 amide bonds.